The van der Waals surface area contributed by atoms with Gasteiger partial charge in [0.1, 0.15) is 0 Å². The van der Waals surface area contributed by atoms with Crippen molar-refractivity contribution in [2.24, 2.45) is 0 Å². The third kappa shape index (κ3) is 2.77. The van der Waals surface area contributed by atoms with Crippen molar-refractivity contribution in [2.75, 3.05) is 0 Å². The predicted molar refractivity (Wildman–Crippen MR) is 58.2 cm³/mol. The smallest absolute Gasteiger partial charge is 0.315 e. The van der Waals surface area contributed by atoms with E-state index in [2.05, 4.69) is 19.9 Å². The highest BCUT2D eigenvalue weighted by Gasteiger charge is 2.06. The Hall–Kier alpha value is -0.960. The van der Waals surface area contributed by atoms with Crippen LogP contribution in [0.15, 0.2) is 23.1 Å². The Kier molecular flexibility index (Phi) is 4.01. The average Bonchev–Trinajstić information content (AvgIpc) is 2.14. The molecule has 0 aromatic heterocycles. The Balaban J connectivity index is 2.85. The van der Waals surface area contributed by atoms with E-state index in [0.717, 1.165) is 23.4 Å². The van der Waals surface area contributed by atoms with Gasteiger partial charge in [-0.15, -0.1) is 0 Å². The molecular formula is C11H14O2S. The van der Waals surface area contributed by atoms with Crippen LogP contribution in [-0.4, -0.2) is 5.97 Å². The highest BCUT2D eigenvalue weighted by Crippen LogP contribution is 2.26. The second kappa shape index (κ2) is 5.05. The summed E-state index contributed by atoms with van der Waals surface area (Å²) >= 11 is 1.14. The number of aryl methyl sites for hydroxylation is 1. The first-order valence-corrected chi connectivity index (χ1v) is 5.33. The molecule has 0 aliphatic rings. The zero-order valence-corrected chi connectivity index (χ0v) is 9.48. The quantitative estimate of drug-likeness (QED) is 0.717. The van der Waals surface area contributed by atoms with Crippen molar-refractivity contribution in [3.63, 3.8) is 0 Å². The van der Waals surface area contributed by atoms with Gasteiger partial charge in [0.2, 0.25) is 0 Å². The molecule has 0 radical (unpaired) electrons. The van der Waals surface area contributed by atoms with Crippen LogP contribution < -0.4 is 0 Å². The fourth-order valence-electron chi connectivity index (χ4n) is 1.31. The molecule has 0 bridgehead atoms. The Morgan fingerprint density at radius 2 is 2.21 bits per heavy atom. The highest BCUT2D eigenvalue weighted by atomic mass is 32.2. The van der Waals surface area contributed by atoms with Gasteiger partial charge in [0.15, 0.2) is 0 Å². The van der Waals surface area contributed by atoms with Crippen molar-refractivity contribution in [1.29, 1.82) is 0 Å². The van der Waals surface area contributed by atoms with Gasteiger partial charge < -0.3 is 4.18 Å². The third-order valence-corrected chi connectivity index (χ3v) is 2.85. The molecular weight excluding hydrogens is 196 g/mol. The number of hydrogen-bond acceptors (Lipinski definition) is 3. The molecule has 0 saturated carbocycles. The minimum Gasteiger partial charge on any atom is -0.386 e. The zero-order valence-electron chi connectivity index (χ0n) is 8.66. The van der Waals surface area contributed by atoms with Gasteiger partial charge in [-0.3, -0.25) is 4.79 Å². The summed E-state index contributed by atoms with van der Waals surface area (Å²) in [5.74, 6) is -0.265. The van der Waals surface area contributed by atoms with Crippen molar-refractivity contribution in [1.82, 2.24) is 0 Å². The van der Waals surface area contributed by atoms with Gasteiger partial charge in [0.05, 0.1) is 16.9 Å². The Morgan fingerprint density at radius 1 is 1.50 bits per heavy atom. The SMILES string of the molecule is CCc1c(C)cccc1SOC(C)=O. The second-order valence-corrected chi connectivity index (χ2v) is 3.84. The first-order valence-electron chi connectivity index (χ1n) is 4.58. The van der Waals surface area contributed by atoms with Gasteiger partial charge in [-0.25, -0.2) is 0 Å². The minimum absolute atomic E-state index is 0.265. The molecule has 1 rings (SSSR count). The molecule has 0 heterocycles. The lowest BCUT2D eigenvalue weighted by atomic mass is 10.1. The molecule has 0 aliphatic carbocycles. The Morgan fingerprint density at radius 3 is 2.79 bits per heavy atom. The summed E-state index contributed by atoms with van der Waals surface area (Å²) in [7, 11) is 0. The normalized spacial score (nSPS) is 9.93. The van der Waals surface area contributed by atoms with Crippen molar-refractivity contribution >= 4 is 18.0 Å². The summed E-state index contributed by atoms with van der Waals surface area (Å²) in [6.07, 6.45) is 0.955. The van der Waals surface area contributed by atoms with Crippen molar-refractivity contribution in [2.45, 2.75) is 32.1 Å². The van der Waals surface area contributed by atoms with Gasteiger partial charge in [0.25, 0.3) is 0 Å². The lowest BCUT2D eigenvalue weighted by molar-refractivity contribution is -0.130. The monoisotopic (exact) mass is 210 g/mol. The fourth-order valence-corrected chi connectivity index (χ4v) is 2.06. The summed E-state index contributed by atoms with van der Waals surface area (Å²) in [6.45, 7) is 5.57. The molecule has 76 valence electrons. The molecule has 14 heavy (non-hydrogen) atoms. The van der Waals surface area contributed by atoms with Crippen LogP contribution in [0.1, 0.15) is 25.0 Å². The van der Waals surface area contributed by atoms with Crippen molar-refractivity contribution < 1.29 is 8.98 Å². The van der Waals surface area contributed by atoms with E-state index in [1.807, 2.05) is 12.1 Å². The molecule has 0 spiro atoms. The van der Waals surface area contributed by atoms with E-state index < -0.39 is 0 Å². The van der Waals surface area contributed by atoms with Crippen LogP contribution in [0.5, 0.6) is 0 Å². The van der Waals surface area contributed by atoms with Crippen LogP contribution in [0.25, 0.3) is 0 Å². The Labute approximate surface area is 88.9 Å². The Bertz CT molecular complexity index is 334. The van der Waals surface area contributed by atoms with E-state index in [1.165, 1.54) is 18.1 Å². The topological polar surface area (TPSA) is 26.3 Å². The summed E-state index contributed by atoms with van der Waals surface area (Å²) in [5.41, 5.74) is 2.49. The maximum Gasteiger partial charge on any atom is 0.315 e. The number of hydrogen-bond donors (Lipinski definition) is 0. The summed E-state index contributed by atoms with van der Waals surface area (Å²) < 4.78 is 4.90. The van der Waals surface area contributed by atoms with Gasteiger partial charge >= 0.3 is 5.97 Å². The van der Waals surface area contributed by atoms with E-state index in [9.17, 15) is 4.79 Å². The number of benzene rings is 1. The lowest BCUT2D eigenvalue weighted by Gasteiger charge is -2.08. The summed E-state index contributed by atoms with van der Waals surface area (Å²) in [5, 5.41) is 0. The maximum atomic E-state index is 10.7. The van der Waals surface area contributed by atoms with E-state index >= 15 is 0 Å². The standard InChI is InChI=1S/C11H14O2S/c1-4-10-8(2)6-5-7-11(10)14-13-9(3)12/h5-7H,4H2,1-3H3. The molecule has 2 nitrogen and oxygen atoms in total. The van der Waals surface area contributed by atoms with Gasteiger partial charge in [-0.2, -0.15) is 0 Å². The molecule has 0 unspecified atom stereocenters. The van der Waals surface area contributed by atoms with Gasteiger partial charge in [0, 0.05) is 6.92 Å². The van der Waals surface area contributed by atoms with Crippen LogP contribution in [-0.2, 0) is 15.4 Å². The molecule has 0 fully saturated rings. The fraction of sp³-hybridized carbons (Fsp3) is 0.364. The minimum atomic E-state index is -0.265. The first-order chi connectivity index (χ1) is 6.65. The molecule has 1 aromatic rings. The van der Waals surface area contributed by atoms with E-state index in [-0.39, 0.29) is 5.97 Å². The van der Waals surface area contributed by atoms with Crippen LogP contribution in [0, 0.1) is 6.92 Å². The van der Waals surface area contributed by atoms with Gasteiger partial charge in [-0.1, -0.05) is 19.1 Å². The molecule has 1 aromatic carbocycles. The molecule has 0 saturated heterocycles. The molecule has 0 amide bonds. The highest BCUT2D eigenvalue weighted by molar-refractivity contribution is 7.95. The number of rotatable bonds is 3. The van der Waals surface area contributed by atoms with Gasteiger partial charge in [-0.05, 0) is 30.5 Å². The van der Waals surface area contributed by atoms with Crippen LogP contribution in [0.3, 0.4) is 0 Å². The van der Waals surface area contributed by atoms with Crippen LogP contribution in [0.2, 0.25) is 0 Å². The molecule has 0 N–H and O–H groups in total. The van der Waals surface area contributed by atoms with E-state index in [0.29, 0.717) is 0 Å². The zero-order chi connectivity index (χ0) is 10.6. The maximum absolute atomic E-state index is 10.7. The van der Waals surface area contributed by atoms with Crippen LogP contribution >= 0.6 is 12.0 Å². The molecule has 0 atom stereocenters. The third-order valence-electron chi connectivity index (χ3n) is 1.97. The average molecular weight is 210 g/mol. The van der Waals surface area contributed by atoms with Crippen molar-refractivity contribution in [3.8, 4) is 0 Å². The summed E-state index contributed by atoms with van der Waals surface area (Å²) in [6, 6.07) is 6.01. The predicted octanol–water partition coefficient (Wildman–Crippen LogP) is 3.13. The van der Waals surface area contributed by atoms with E-state index in [1.54, 1.807) is 0 Å². The van der Waals surface area contributed by atoms with E-state index in [4.69, 9.17) is 4.18 Å². The first kappa shape index (κ1) is 11.1. The number of carbonyl (C=O) groups excluding carboxylic acids is 1. The second-order valence-electron chi connectivity index (χ2n) is 3.06. The number of carbonyl (C=O) groups is 1. The molecule has 0 aliphatic heterocycles. The summed E-state index contributed by atoms with van der Waals surface area (Å²) in [4.78, 5) is 11.7. The lowest BCUT2D eigenvalue weighted by Crippen LogP contribution is -1.93. The molecule has 3 heteroatoms. The van der Waals surface area contributed by atoms with Crippen molar-refractivity contribution in [3.05, 3.63) is 29.3 Å². The van der Waals surface area contributed by atoms with Crippen LogP contribution in [0.4, 0.5) is 0 Å². The largest absolute Gasteiger partial charge is 0.386 e.